The van der Waals surface area contributed by atoms with E-state index in [1.165, 1.54) is 44.2 Å². The molecule has 5 nitrogen and oxygen atoms in total. The van der Waals surface area contributed by atoms with Gasteiger partial charge in [-0.3, -0.25) is 0 Å². The summed E-state index contributed by atoms with van der Waals surface area (Å²) in [4.78, 5) is 0. The predicted octanol–water partition coefficient (Wildman–Crippen LogP) is 9.28. The second-order valence-electron chi connectivity index (χ2n) is 8.83. The summed E-state index contributed by atoms with van der Waals surface area (Å²) in [5.74, 6) is 1.63. The molecule has 3 rings (SSSR count). The maximum Gasteiger partial charge on any atom is 0.416 e. The molecule has 0 saturated carbocycles. The molecule has 0 fully saturated rings. The average molecular weight is 514 g/mol. The fourth-order valence-corrected chi connectivity index (χ4v) is 3.65. The van der Waals surface area contributed by atoms with Crippen LogP contribution in [0.1, 0.15) is 56.9 Å². The first-order valence-electron chi connectivity index (χ1n) is 12.7. The molecule has 3 aromatic rings. The van der Waals surface area contributed by atoms with E-state index in [1.54, 1.807) is 12.1 Å². The summed E-state index contributed by atoms with van der Waals surface area (Å²) in [6.45, 7) is 1.40. The molecular weight excluding hydrogens is 479 g/mol. The minimum Gasteiger partial charge on any atom is -0.494 e. The number of nitrogens with zero attached hydrogens (tertiary/aromatic N) is 2. The first kappa shape index (κ1) is 28.0. The van der Waals surface area contributed by atoms with Crippen LogP contribution in [0.4, 0.5) is 30.2 Å². The van der Waals surface area contributed by atoms with Gasteiger partial charge in [0, 0.05) is 5.69 Å². The molecular formula is C29H34F3N3O2. The van der Waals surface area contributed by atoms with Crippen molar-refractivity contribution >= 4 is 17.1 Å². The van der Waals surface area contributed by atoms with Crippen LogP contribution in [0.2, 0.25) is 0 Å². The zero-order valence-electron chi connectivity index (χ0n) is 20.9. The average Bonchev–Trinajstić information content (AvgIpc) is 2.89. The molecule has 3 aromatic carbocycles. The Hall–Kier alpha value is -3.55. The third-order valence-corrected chi connectivity index (χ3v) is 5.77. The number of hydrogen-bond donors (Lipinski definition) is 1. The highest BCUT2D eigenvalue weighted by atomic mass is 19.4. The van der Waals surface area contributed by atoms with Crippen LogP contribution in [-0.4, -0.2) is 13.2 Å². The maximum absolute atomic E-state index is 12.6. The van der Waals surface area contributed by atoms with Crippen molar-refractivity contribution in [3.8, 4) is 11.5 Å². The van der Waals surface area contributed by atoms with Gasteiger partial charge in [0.05, 0.1) is 30.2 Å². The smallest absolute Gasteiger partial charge is 0.416 e. The molecule has 0 spiro atoms. The largest absolute Gasteiger partial charge is 0.494 e. The van der Waals surface area contributed by atoms with Crippen molar-refractivity contribution in [1.82, 2.24) is 0 Å². The number of hydrogen-bond acceptors (Lipinski definition) is 5. The number of halogens is 3. The Kier molecular flexibility index (Phi) is 11.3. The molecule has 0 heterocycles. The van der Waals surface area contributed by atoms with Crippen molar-refractivity contribution in [3.63, 3.8) is 0 Å². The Balaban J connectivity index is 1.19. The number of alkyl halides is 3. The van der Waals surface area contributed by atoms with E-state index >= 15 is 0 Å². The van der Waals surface area contributed by atoms with Crippen LogP contribution in [0.25, 0.3) is 0 Å². The van der Waals surface area contributed by atoms with Gasteiger partial charge in [-0.15, -0.1) is 0 Å². The van der Waals surface area contributed by atoms with Gasteiger partial charge in [0.25, 0.3) is 0 Å². The fourth-order valence-electron chi connectivity index (χ4n) is 3.65. The van der Waals surface area contributed by atoms with Gasteiger partial charge in [0.15, 0.2) is 0 Å². The van der Waals surface area contributed by atoms with E-state index in [-0.39, 0.29) is 0 Å². The normalized spacial score (nSPS) is 11.6. The summed E-state index contributed by atoms with van der Waals surface area (Å²) in [6.07, 6.45) is 4.93. The molecule has 0 atom stereocenters. The van der Waals surface area contributed by atoms with Gasteiger partial charge in [-0.25, -0.2) is 0 Å². The molecule has 0 aliphatic rings. The summed E-state index contributed by atoms with van der Waals surface area (Å²) in [5, 5.41) is 8.05. The first-order chi connectivity index (χ1) is 17.9. The molecule has 0 aliphatic carbocycles. The van der Waals surface area contributed by atoms with Gasteiger partial charge in [-0.1, -0.05) is 38.5 Å². The number of benzene rings is 3. The van der Waals surface area contributed by atoms with Crippen LogP contribution in [0.15, 0.2) is 83.0 Å². The number of anilines is 1. The Morgan fingerprint density at radius 3 is 1.35 bits per heavy atom. The molecule has 37 heavy (non-hydrogen) atoms. The molecule has 0 aliphatic heterocycles. The maximum atomic E-state index is 12.6. The van der Waals surface area contributed by atoms with Crippen LogP contribution >= 0.6 is 0 Å². The molecule has 2 N–H and O–H groups in total. The van der Waals surface area contributed by atoms with Gasteiger partial charge in [0.2, 0.25) is 0 Å². The fraction of sp³-hybridized carbons (Fsp3) is 0.379. The van der Waals surface area contributed by atoms with Crippen molar-refractivity contribution in [2.24, 2.45) is 10.2 Å². The second kappa shape index (κ2) is 14.9. The van der Waals surface area contributed by atoms with E-state index in [0.29, 0.717) is 18.0 Å². The third-order valence-electron chi connectivity index (χ3n) is 5.77. The van der Waals surface area contributed by atoms with Gasteiger partial charge in [-0.2, -0.15) is 23.4 Å². The summed E-state index contributed by atoms with van der Waals surface area (Å²) in [6, 6.07) is 19.2. The lowest BCUT2D eigenvalue weighted by atomic mass is 10.1. The van der Waals surface area contributed by atoms with Crippen molar-refractivity contribution in [1.29, 1.82) is 0 Å². The van der Waals surface area contributed by atoms with Crippen LogP contribution in [0, 0.1) is 0 Å². The Bertz CT molecular complexity index is 1070. The Labute approximate surface area is 216 Å². The first-order valence-corrected chi connectivity index (χ1v) is 12.7. The second-order valence-corrected chi connectivity index (χ2v) is 8.83. The minimum absolute atomic E-state index is 0.358. The molecule has 198 valence electrons. The van der Waals surface area contributed by atoms with Gasteiger partial charge >= 0.3 is 6.18 Å². The van der Waals surface area contributed by atoms with Gasteiger partial charge in [-0.05, 0) is 85.6 Å². The number of nitrogen functional groups attached to an aromatic ring is 1. The molecule has 0 bridgehead atoms. The van der Waals surface area contributed by atoms with E-state index in [9.17, 15) is 13.2 Å². The van der Waals surface area contributed by atoms with Crippen molar-refractivity contribution in [3.05, 3.63) is 78.4 Å². The predicted molar refractivity (Wildman–Crippen MR) is 141 cm³/mol. The summed E-state index contributed by atoms with van der Waals surface area (Å²) < 4.78 is 49.3. The van der Waals surface area contributed by atoms with E-state index in [1.807, 2.05) is 36.4 Å². The van der Waals surface area contributed by atoms with E-state index in [4.69, 9.17) is 15.2 Å². The third kappa shape index (κ3) is 10.9. The lowest BCUT2D eigenvalue weighted by Crippen LogP contribution is -2.03. The zero-order chi connectivity index (χ0) is 26.3. The highest BCUT2D eigenvalue weighted by Gasteiger charge is 2.29. The highest BCUT2D eigenvalue weighted by molar-refractivity contribution is 5.44. The summed E-state index contributed by atoms with van der Waals surface area (Å²) >= 11 is 0. The van der Waals surface area contributed by atoms with E-state index in [2.05, 4.69) is 10.2 Å². The van der Waals surface area contributed by atoms with E-state index in [0.717, 1.165) is 55.2 Å². The van der Waals surface area contributed by atoms with E-state index < -0.39 is 11.7 Å². The molecule has 0 aromatic heterocycles. The number of nitrogens with two attached hydrogens (primary N) is 1. The SMILES string of the molecule is Nc1ccc(OCCCCCCCCCCOc2ccc(/N=N/c3ccc(C(F)(F)F)cc3)cc2)cc1. The topological polar surface area (TPSA) is 69.2 Å². The summed E-state index contributed by atoms with van der Waals surface area (Å²) in [7, 11) is 0. The Morgan fingerprint density at radius 2 is 0.919 bits per heavy atom. The van der Waals surface area contributed by atoms with Crippen LogP contribution in [-0.2, 0) is 6.18 Å². The minimum atomic E-state index is -4.36. The van der Waals surface area contributed by atoms with Gasteiger partial charge < -0.3 is 15.2 Å². The van der Waals surface area contributed by atoms with Gasteiger partial charge in [0.1, 0.15) is 11.5 Å². The lowest BCUT2D eigenvalue weighted by Gasteiger charge is -2.07. The standard InChI is InChI=1S/C29H34F3N3O2/c30-29(31,32)23-9-13-25(14-10-23)34-35-26-15-19-28(20-16-26)37-22-8-6-4-2-1-3-5-7-21-36-27-17-11-24(33)12-18-27/h9-20H,1-8,21-22,33H2/b35-34+. The monoisotopic (exact) mass is 513 g/mol. The quantitative estimate of drug-likeness (QED) is 0.125. The summed E-state index contributed by atoms with van der Waals surface area (Å²) in [5.41, 5.74) is 6.66. The van der Waals surface area contributed by atoms with Crippen molar-refractivity contribution in [2.75, 3.05) is 18.9 Å². The molecule has 0 unspecified atom stereocenters. The molecule has 8 heteroatoms. The van der Waals surface area contributed by atoms with Crippen LogP contribution < -0.4 is 15.2 Å². The number of azo groups is 1. The highest BCUT2D eigenvalue weighted by Crippen LogP contribution is 2.30. The molecule has 0 radical (unpaired) electrons. The number of unbranched alkanes of at least 4 members (excludes halogenated alkanes) is 7. The Morgan fingerprint density at radius 1 is 0.541 bits per heavy atom. The van der Waals surface area contributed by atoms with Crippen molar-refractivity contribution in [2.45, 2.75) is 57.5 Å². The lowest BCUT2D eigenvalue weighted by molar-refractivity contribution is -0.137. The molecule has 0 amide bonds. The zero-order valence-corrected chi connectivity index (χ0v) is 20.9. The number of rotatable bonds is 15. The number of ether oxygens (including phenoxy) is 2. The van der Waals surface area contributed by atoms with Crippen LogP contribution in [0.5, 0.6) is 11.5 Å². The molecule has 0 saturated heterocycles. The van der Waals surface area contributed by atoms with Crippen molar-refractivity contribution < 1.29 is 22.6 Å². The van der Waals surface area contributed by atoms with Crippen LogP contribution in [0.3, 0.4) is 0 Å².